The zero-order valence-electron chi connectivity index (χ0n) is 31.2. The van der Waals surface area contributed by atoms with Crippen molar-refractivity contribution in [3.05, 3.63) is 0 Å². The number of aliphatic hydroxyl groups is 2. The second kappa shape index (κ2) is 13.8. The fourth-order valence-electron chi connectivity index (χ4n) is 12.0. The second-order valence-electron chi connectivity index (χ2n) is 18.1. The lowest BCUT2D eigenvalue weighted by atomic mass is 9.56. The topological polar surface area (TPSA) is 127 Å². The van der Waals surface area contributed by atoms with E-state index in [0.29, 0.717) is 55.7 Å². The number of fused-ring (bicyclic) bond motifs is 4. The molecule has 0 bridgehead atoms. The van der Waals surface area contributed by atoms with E-state index in [1.54, 1.807) is 0 Å². The highest BCUT2D eigenvalue weighted by Crippen LogP contribution is 2.65. The molecule has 0 aromatic heterocycles. The molecule has 0 saturated heterocycles. The van der Waals surface area contributed by atoms with Gasteiger partial charge in [0, 0.05) is 25.7 Å². The molecule has 5 aliphatic carbocycles. The fourth-order valence-corrected chi connectivity index (χ4v) is 12.0. The van der Waals surface area contributed by atoms with Crippen molar-refractivity contribution in [2.24, 2.45) is 60.9 Å². The Morgan fingerprint density at radius 1 is 0.509 bits per heavy atom. The van der Waals surface area contributed by atoms with Crippen molar-refractivity contribution in [1.82, 2.24) is 0 Å². The summed E-state index contributed by atoms with van der Waals surface area (Å²) in [5.74, 6) is -2.14. The van der Waals surface area contributed by atoms with Gasteiger partial charge in [0.15, 0.2) is 29.0 Å². The number of aliphatic hydroxyl groups excluding tert-OH is 2. The SMILES string of the molecule is CC1=NC2CC3N=C(C4CC(O)C(C5=NC6CC7N=C(C8CCC(C(C9CCC(C)CC9)(C(F)(F)F)C(F)(F)F)CC8)OC7CC6O5)CC4O)OC3CC2O1. The average Bonchev–Trinajstić information content (AvgIpc) is 3.90. The van der Waals surface area contributed by atoms with Crippen LogP contribution in [0.1, 0.15) is 104 Å². The van der Waals surface area contributed by atoms with Crippen molar-refractivity contribution in [3.63, 3.8) is 0 Å². The first-order valence-electron chi connectivity index (χ1n) is 20.5. The minimum absolute atomic E-state index is 0.0189. The quantitative estimate of drug-likeness (QED) is 0.297. The van der Waals surface area contributed by atoms with Crippen LogP contribution < -0.4 is 0 Å². The lowest BCUT2D eigenvalue weighted by Gasteiger charge is -2.51. The van der Waals surface area contributed by atoms with Gasteiger partial charge in [0.25, 0.3) is 0 Å². The zero-order chi connectivity index (χ0) is 38.6. The molecule has 306 valence electrons. The number of aliphatic imine (C=N–C) groups is 4. The van der Waals surface area contributed by atoms with E-state index < -0.39 is 53.6 Å². The molecule has 2 N–H and O–H groups in total. The maximum Gasteiger partial charge on any atom is 0.403 e. The van der Waals surface area contributed by atoms with Crippen LogP contribution in [-0.2, 0) is 18.9 Å². The number of halogens is 6. The summed E-state index contributed by atoms with van der Waals surface area (Å²) in [4.78, 5) is 19.1. The molecule has 9 rings (SSSR count). The van der Waals surface area contributed by atoms with Crippen molar-refractivity contribution < 1.29 is 55.5 Å². The molecule has 0 amide bonds. The van der Waals surface area contributed by atoms with Gasteiger partial charge < -0.3 is 29.2 Å². The smallest absolute Gasteiger partial charge is 0.403 e. The summed E-state index contributed by atoms with van der Waals surface area (Å²) in [5.41, 5.74) is -3.70. The largest absolute Gasteiger partial charge is 0.476 e. The molecule has 0 aromatic carbocycles. The Morgan fingerprint density at radius 3 is 1.38 bits per heavy atom. The Bertz CT molecular complexity index is 1590. The molecule has 12 unspecified atom stereocenters. The lowest BCUT2D eigenvalue weighted by Crippen LogP contribution is -2.60. The fraction of sp³-hybridized carbons (Fsp3) is 0.897. The van der Waals surface area contributed by atoms with Gasteiger partial charge in [-0.15, -0.1) is 0 Å². The van der Waals surface area contributed by atoms with Crippen LogP contribution in [0.5, 0.6) is 0 Å². The molecular formula is C39H52F6N4O6. The normalized spacial score (nSPS) is 45.6. The highest BCUT2D eigenvalue weighted by Gasteiger charge is 2.76. The summed E-state index contributed by atoms with van der Waals surface area (Å²) in [7, 11) is 0. The molecule has 4 heterocycles. The summed E-state index contributed by atoms with van der Waals surface area (Å²) < 4.78 is 113. The van der Waals surface area contributed by atoms with Crippen LogP contribution in [-0.4, -0.2) is 107 Å². The number of hydrogen-bond donors (Lipinski definition) is 2. The number of hydrogen-bond acceptors (Lipinski definition) is 10. The van der Waals surface area contributed by atoms with Crippen molar-refractivity contribution in [2.75, 3.05) is 0 Å². The average molecular weight is 787 g/mol. The zero-order valence-corrected chi connectivity index (χ0v) is 31.2. The molecule has 4 aliphatic heterocycles. The van der Waals surface area contributed by atoms with E-state index in [2.05, 4.69) is 4.99 Å². The first-order chi connectivity index (χ1) is 26.1. The van der Waals surface area contributed by atoms with Gasteiger partial charge >= 0.3 is 12.4 Å². The van der Waals surface area contributed by atoms with Crippen LogP contribution >= 0.6 is 0 Å². The van der Waals surface area contributed by atoms with Crippen LogP contribution in [0.4, 0.5) is 26.3 Å². The summed E-state index contributed by atoms with van der Waals surface area (Å²) in [6.45, 7) is 3.74. The van der Waals surface area contributed by atoms with Crippen molar-refractivity contribution in [2.45, 2.75) is 177 Å². The van der Waals surface area contributed by atoms with Crippen LogP contribution in [0.25, 0.3) is 0 Å². The van der Waals surface area contributed by atoms with E-state index in [1.165, 1.54) is 0 Å². The highest BCUT2D eigenvalue weighted by atomic mass is 19.4. The molecule has 12 atom stereocenters. The third kappa shape index (κ3) is 6.45. The van der Waals surface area contributed by atoms with Gasteiger partial charge in [-0.25, -0.2) is 20.0 Å². The molecule has 5 fully saturated rings. The molecule has 10 nitrogen and oxygen atoms in total. The second-order valence-corrected chi connectivity index (χ2v) is 18.1. The summed E-state index contributed by atoms with van der Waals surface area (Å²) in [6.07, 6.45) is -9.78. The van der Waals surface area contributed by atoms with Gasteiger partial charge in [0.2, 0.25) is 0 Å². The first kappa shape index (κ1) is 37.9. The van der Waals surface area contributed by atoms with E-state index in [9.17, 15) is 36.6 Å². The maximum absolute atomic E-state index is 14.8. The molecule has 0 radical (unpaired) electrons. The Labute approximate surface area is 316 Å². The Hall–Kier alpha value is -2.62. The van der Waals surface area contributed by atoms with Gasteiger partial charge in [-0.2, -0.15) is 26.3 Å². The van der Waals surface area contributed by atoms with Gasteiger partial charge in [-0.1, -0.05) is 19.8 Å². The van der Waals surface area contributed by atoms with Gasteiger partial charge in [0.1, 0.15) is 24.4 Å². The molecule has 0 aromatic rings. The van der Waals surface area contributed by atoms with E-state index in [1.807, 2.05) is 13.8 Å². The van der Waals surface area contributed by atoms with Crippen molar-refractivity contribution in [1.29, 1.82) is 0 Å². The monoisotopic (exact) mass is 786 g/mol. The van der Waals surface area contributed by atoms with Crippen LogP contribution in [0.15, 0.2) is 20.0 Å². The van der Waals surface area contributed by atoms with E-state index in [-0.39, 0.29) is 112 Å². The molecular weight excluding hydrogens is 734 g/mol. The predicted molar refractivity (Wildman–Crippen MR) is 188 cm³/mol. The number of nitrogens with zero attached hydrogens (tertiary/aromatic N) is 4. The van der Waals surface area contributed by atoms with Crippen LogP contribution in [0, 0.1) is 40.9 Å². The number of ether oxygens (including phenoxy) is 4. The van der Waals surface area contributed by atoms with Gasteiger partial charge in [-0.3, -0.25) is 0 Å². The van der Waals surface area contributed by atoms with Crippen LogP contribution in [0.3, 0.4) is 0 Å². The minimum Gasteiger partial charge on any atom is -0.476 e. The predicted octanol–water partition coefficient (Wildman–Crippen LogP) is 6.75. The van der Waals surface area contributed by atoms with Crippen LogP contribution in [0.2, 0.25) is 0 Å². The van der Waals surface area contributed by atoms with E-state index in [4.69, 9.17) is 33.9 Å². The summed E-state index contributed by atoms with van der Waals surface area (Å²) >= 11 is 0. The van der Waals surface area contributed by atoms with Gasteiger partial charge in [-0.05, 0) is 82.0 Å². The molecule has 0 spiro atoms. The van der Waals surface area contributed by atoms with E-state index in [0.717, 1.165) is 6.42 Å². The number of rotatable bonds is 5. The number of alkyl halides is 6. The maximum atomic E-state index is 14.8. The Kier molecular flexibility index (Phi) is 9.48. The molecule has 9 aliphatic rings. The Morgan fingerprint density at radius 2 is 0.909 bits per heavy atom. The van der Waals surface area contributed by atoms with Crippen molar-refractivity contribution in [3.8, 4) is 0 Å². The van der Waals surface area contributed by atoms with E-state index >= 15 is 0 Å². The summed E-state index contributed by atoms with van der Waals surface area (Å²) in [6, 6.07) is -0.481. The first-order valence-corrected chi connectivity index (χ1v) is 20.5. The van der Waals surface area contributed by atoms with Gasteiger partial charge in [0.05, 0.1) is 48.2 Å². The third-order valence-corrected chi connectivity index (χ3v) is 14.8. The highest BCUT2D eigenvalue weighted by molar-refractivity contribution is 5.85. The molecule has 5 saturated carbocycles. The third-order valence-electron chi connectivity index (χ3n) is 14.8. The standard InChI is InChI=1S/C39H52F6N4O6/c1-17-3-7-20(8-4-17)37(38(40,41)42,39(43,44)45)21-9-5-19(6-10-21)34-47-25-14-27-33(16-31(25)53-34)55-36(49-27)23-12-28(50)22(11-29(23)51)35-48-26-13-24-30(15-32(26)54-35)52-18(2)46-24/h17,19-33,50-51H,3-16H2,1-2H3. The van der Waals surface area contributed by atoms with Crippen molar-refractivity contribution >= 4 is 23.6 Å². The Balaban J connectivity index is 0.816. The summed E-state index contributed by atoms with van der Waals surface area (Å²) in [5, 5.41) is 22.6. The minimum atomic E-state index is -5.39. The lowest BCUT2D eigenvalue weighted by molar-refractivity contribution is -0.382. The molecule has 16 heteroatoms. The molecule has 55 heavy (non-hydrogen) atoms.